The summed E-state index contributed by atoms with van der Waals surface area (Å²) in [4.78, 5) is 13.4. The summed E-state index contributed by atoms with van der Waals surface area (Å²) in [5.41, 5.74) is 7.40. The van der Waals surface area contributed by atoms with Gasteiger partial charge in [-0.05, 0) is 26.0 Å². The van der Waals surface area contributed by atoms with Crippen LogP contribution in [-0.2, 0) is 0 Å². The third-order valence-electron chi connectivity index (χ3n) is 2.89. The summed E-state index contributed by atoms with van der Waals surface area (Å²) < 4.78 is 5.16. The molecule has 0 spiro atoms. The number of nitrogen functional groups attached to an aromatic ring is 1. The number of benzene rings is 1. The highest BCUT2D eigenvalue weighted by atomic mass is 16.4. The van der Waals surface area contributed by atoms with Crippen LogP contribution < -0.4 is 16.3 Å². The first-order valence-electron chi connectivity index (χ1n) is 5.74. The third-order valence-corrected chi connectivity index (χ3v) is 2.89. The average molecular weight is 232 g/mol. The van der Waals surface area contributed by atoms with Gasteiger partial charge in [0.15, 0.2) is 0 Å². The van der Waals surface area contributed by atoms with Crippen molar-refractivity contribution in [2.75, 3.05) is 23.7 Å². The van der Waals surface area contributed by atoms with Gasteiger partial charge in [0.25, 0.3) is 0 Å². The number of hydrogen-bond donors (Lipinski definition) is 1. The van der Waals surface area contributed by atoms with Gasteiger partial charge < -0.3 is 15.1 Å². The van der Waals surface area contributed by atoms with Gasteiger partial charge in [0.2, 0.25) is 0 Å². The molecule has 2 aromatic rings. The van der Waals surface area contributed by atoms with Crippen LogP contribution in [0.2, 0.25) is 0 Å². The molecule has 0 amide bonds. The van der Waals surface area contributed by atoms with Gasteiger partial charge >= 0.3 is 5.63 Å². The average Bonchev–Trinajstić information content (AvgIpc) is 2.30. The Labute approximate surface area is 99.6 Å². The van der Waals surface area contributed by atoms with Crippen molar-refractivity contribution < 1.29 is 4.42 Å². The molecule has 2 rings (SSSR count). The molecule has 1 aromatic carbocycles. The Hall–Kier alpha value is -1.97. The Morgan fingerprint density at radius 3 is 2.59 bits per heavy atom. The Morgan fingerprint density at radius 2 is 1.94 bits per heavy atom. The van der Waals surface area contributed by atoms with Crippen LogP contribution in [0.1, 0.15) is 13.8 Å². The first kappa shape index (κ1) is 11.5. The van der Waals surface area contributed by atoms with Crippen molar-refractivity contribution in [3.05, 3.63) is 34.7 Å². The van der Waals surface area contributed by atoms with E-state index >= 15 is 0 Å². The van der Waals surface area contributed by atoms with E-state index in [1.807, 2.05) is 18.2 Å². The van der Waals surface area contributed by atoms with Crippen LogP contribution in [0.5, 0.6) is 0 Å². The SMILES string of the molecule is CCN(CC)c1ccc2c(N)cc(=O)oc2c1. The molecule has 0 saturated carbocycles. The van der Waals surface area contributed by atoms with Crippen LogP contribution in [0, 0.1) is 0 Å². The van der Waals surface area contributed by atoms with Gasteiger partial charge in [-0.2, -0.15) is 0 Å². The predicted octanol–water partition coefficient (Wildman–Crippen LogP) is 2.22. The van der Waals surface area contributed by atoms with Crippen LogP contribution in [0.4, 0.5) is 11.4 Å². The zero-order chi connectivity index (χ0) is 12.4. The molecule has 0 unspecified atom stereocenters. The highest BCUT2D eigenvalue weighted by Crippen LogP contribution is 2.24. The molecule has 90 valence electrons. The fourth-order valence-electron chi connectivity index (χ4n) is 1.96. The minimum absolute atomic E-state index is 0.410. The van der Waals surface area contributed by atoms with E-state index in [0.717, 1.165) is 24.2 Å². The Balaban J connectivity index is 2.61. The van der Waals surface area contributed by atoms with Crippen LogP contribution in [-0.4, -0.2) is 13.1 Å². The predicted molar refractivity (Wildman–Crippen MR) is 70.5 cm³/mol. The molecule has 0 aliphatic heterocycles. The summed E-state index contributed by atoms with van der Waals surface area (Å²) in [7, 11) is 0. The second-order valence-electron chi connectivity index (χ2n) is 3.87. The van der Waals surface area contributed by atoms with Crippen molar-refractivity contribution in [2.24, 2.45) is 0 Å². The molecule has 0 atom stereocenters. The maximum absolute atomic E-state index is 11.3. The molecular formula is C13H16N2O2. The zero-order valence-corrected chi connectivity index (χ0v) is 10.1. The lowest BCUT2D eigenvalue weighted by Crippen LogP contribution is -2.21. The van der Waals surface area contributed by atoms with E-state index in [4.69, 9.17) is 10.2 Å². The molecule has 0 bridgehead atoms. The first-order chi connectivity index (χ1) is 8.15. The first-order valence-corrected chi connectivity index (χ1v) is 5.74. The fraction of sp³-hybridized carbons (Fsp3) is 0.308. The van der Waals surface area contributed by atoms with Crippen molar-refractivity contribution >= 4 is 22.3 Å². The minimum Gasteiger partial charge on any atom is -0.423 e. The molecule has 0 aliphatic rings. The summed E-state index contributed by atoms with van der Waals surface area (Å²) in [6.45, 7) is 6.00. The topological polar surface area (TPSA) is 59.5 Å². The number of nitrogens with zero attached hydrogens (tertiary/aromatic N) is 1. The standard InChI is InChI=1S/C13H16N2O2/c1-3-15(4-2)9-5-6-10-11(14)8-13(16)17-12(10)7-9/h5-8H,3-4,14H2,1-2H3. The van der Waals surface area contributed by atoms with Gasteiger partial charge in [0, 0.05) is 42.0 Å². The van der Waals surface area contributed by atoms with Crippen molar-refractivity contribution in [2.45, 2.75) is 13.8 Å². The van der Waals surface area contributed by atoms with E-state index in [9.17, 15) is 4.79 Å². The number of rotatable bonds is 3. The lowest BCUT2D eigenvalue weighted by atomic mass is 10.2. The summed E-state index contributed by atoms with van der Waals surface area (Å²) >= 11 is 0. The molecule has 0 saturated heterocycles. The van der Waals surface area contributed by atoms with Crippen LogP contribution >= 0.6 is 0 Å². The highest BCUT2D eigenvalue weighted by Gasteiger charge is 2.06. The van der Waals surface area contributed by atoms with Gasteiger partial charge in [0.1, 0.15) is 5.58 Å². The Morgan fingerprint density at radius 1 is 1.24 bits per heavy atom. The van der Waals surface area contributed by atoms with E-state index in [1.165, 1.54) is 6.07 Å². The monoisotopic (exact) mass is 232 g/mol. The molecule has 17 heavy (non-hydrogen) atoms. The number of anilines is 2. The van der Waals surface area contributed by atoms with E-state index in [2.05, 4.69) is 18.7 Å². The number of nitrogens with two attached hydrogens (primary N) is 1. The minimum atomic E-state index is -0.410. The van der Waals surface area contributed by atoms with Crippen LogP contribution in [0.15, 0.2) is 33.5 Å². The van der Waals surface area contributed by atoms with Gasteiger partial charge in [-0.15, -0.1) is 0 Å². The second kappa shape index (κ2) is 4.49. The fourth-order valence-corrected chi connectivity index (χ4v) is 1.96. The van der Waals surface area contributed by atoms with E-state index < -0.39 is 5.63 Å². The summed E-state index contributed by atoms with van der Waals surface area (Å²) in [6, 6.07) is 7.05. The van der Waals surface area contributed by atoms with Crippen molar-refractivity contribution in [1.82, 2.24) is 0 Å². The normalized spacial score (nSPS) is 10.7. The molecular weight excluding hydrogens is 216 g/mol. The zero-order valence-electron chi connectivity index (χ0n) is 10.1. The van der Waals surface area contributed by atoms with E-state index in [1.54, 1.807) is 0 Å². The largest absolute Gasteiger partial charge is 0.423 e. The second-order valence-corrected chi connectivity index (χ2v) is 3.87. The molecule has 1 heterocycles. The molecule has 4 nitrogen and oxygen atoms in total. The molecule has 1 aromatic heterocycles. The van der Waals surface area contributed by atoms with Gasteiger partial charge in [0.05, 0.1) is 0 Å². The molecule has 0 fully saturated rings. The number of hydrogen-bond acceptors (Lipinski definition) is 4. The van der Waals surface area contributed by atoms with Gasteiger partial charge in [-0.25, -0.2) is 4.79 Å². The van der Waals surface area contributed by atoms with Crippen LogP contribution in [0.3, 0.4) is 0 Å². The van der Waals surface area contributed by atoms with Crippen molar-refractivity contribution in [1.29, 1.82) is 0 Å². The maximum Gasteiger partial charge on any atom is 0.338 e. The van der Waals surface area contributed by atoms with Gasteiger partial charge in [-0.3, -0.25) is 0 Å². The maximum atomic E-state index is 11.3. The lowest BCUT2D eigenvalue weighted by Gasteiger charge is -2.21. The molecule has 4 heteroatoms. The highest BCUT2D eigenvalue weighted by molar-refractivity contribution is 5.90. The smallest absolute Gasteiger partial charge is 0.338 e. The Bertz CT molecular complexity index is 585. The summed E-state index contributed by atoms with van der Waals surface area (Å²) in [5, 5.41) is 0.778. The molecule has 2 N–H and O–H groups in total. The van der Waals surface area contributed by atoms with E-state index in [-0.39, 0.29) is 0 Å². The van der Waals surface area contributed by atoms with Crippen molar-refractivity contribution in [3.63, 3.8) is 0 Å². The van der Waals surface area contributed by atoms with Gasteiger partial charge in [-0.1, -0.05) is 0 Å². The summed E-state index contributed by atoms with van der Waals surface area (Å²) in [5.74, 6) is 0. The van der Waals surface area contributed by atoms with Crippen molar-refractivity contribution in [3.8, 4) is 0 Å². The number of fused-ring (bicyclic) bond motifs is 1. The van der Waals surface area contributed by atoms with E-state index in [0.29, 0.717) is 11.3 Å². The van der Waals surface area contributed by atoms with Crippen LogP contribution in [0.25, 0.3) is 11.0 Å². The molecule has 0 aliphatic carbocycles. The Kier molecular flexibility index (Phi) is 3.04. The quantitative estimate of drug-likeness (QED) is 0.824. The third kappa shape index (κ3) is 2.11. The summed E-state index contributed by atoms with van der Waals surface area (Å²) in [6.07, 6.45) is 0. The molecule has 0 radical (unpaired) electrons. The lowest BCUT2D eigenvalue weighted by molar-refractivity contribution is 0.561.